The molecule has 16 heavy (non-hydrogen) atoms. The van der Waals surface area contributed by atoms with Gasteiger partial charge in [0, 0.05) is 12.5 Å². The van der Waals surface area contributed by atoms with Crippen LogP contribution in [0.5, 0.6) is 0 Å². The Morgan fingerprint density at radius 1 is 1.31 bits per heavy atom. The van der Waals surface area contributed by atoms with Crippen molar-refractivity contribution in [2.45, 2.75) is 52.1 Å². The second-order valence-electron chi connectivity index (χ2n) is 5.09. The first-order chi connectivity index (χ1) is 7.50. The SMILES string of the molecule is CCC(O)(CC)CN1CCC(C(C)=O)CC1. The molecule has 0 saturated carbocycles. The van der Waals surface area contributed by atoms with Crippen molar-refractivity contribution in [2.75, 3.05) is 19.6 Å². The number of nitrogens with zero attached hydrogens (tertiary/aromatic N) is 1. The highest BCUT2D eigenvalue weighted by molar-refractivity contribution is 5.78. The fourth-order valence-corrected chi connectivity index (χ4v) is 2.39. The number of aliphatic hydroxyl groups is 1. The van der Waals surface area contributed by atoms with Gasteiger partial charge in [0.1, 0.15) is 5.78 Å². The summed E-state index contributed by atoms with van der Waals surface area (Å²) in [6.07, 6.45) is 3.52. The van der Waals surface area contributed by atoms with Crippen LogP contribution in [0.1, 0.15) is 46.5 Å². The average Bonchev–Trinajstić information content (AvgIpc) is 2.29. The summed E-state index contributed by atoms with van der Waals surface area (Å²) in [6, 6.07) is 0. The molecule has 3 heteroatoms. The van der Waals surface area contributed by atoms with Gasteiger partial charge >= 0.3 is 0 Å². The minimum atomic E-state index is -0.539. The topological polar surface area (TPSA) is 40.5 Å². The molecule has 0 bridgehead atoms. The molecule has 3 nitrogen and oxygen atoms in total. The lowest BCUT2D eigenvalue weighted by atomic mass is 9.91. The highest BCUT2D eigenvalue weighted by atomic mass is 16.3. The van der Waals surface area contributed by atoms with Gasteiger partial charge in [-0.15, -0.1) is 0 Å². The van der Waals surface area contributed by atoms with E-state index in [9.17, 15) is 9.90 Å². The Hall–Kier alpha value is -0.410. The van der Waals surface area contributed by atoms with Crippen LogP contribution in [-0.4, -0.2) is 41.0 Å². The highest BCUT2D eigenvalue weighted by Gasteiger charge is 2.29. The maximum absolute atomic E-state index is 11.2. The zero-order valence-corrected chi connectivity index (χ0v) is 10.8. The quantitative estimate of drug-likeness (QED) is 0.779. The van der Waals surface area contributed by atoms with Crippen LogP contribution in [0.25, 0.3) is 0 Å². The normalized spacial score (nSPS) is 20.0. The van der Waals surface area contributed by atoms with Crippen LogP contribution in [0, 0.1) is 5.92 Å². The number of ketones is 1. The second kappa shape index (κ2) is 5.78. The second-order valence-corrected chi connectivity index (χ2v) is 5.09. The van der Waals surface area contributed by atoms with Crippen molar-refractivity contribution in [1.82, 2.24) is 4.90 Å². The van der Waals surface area contributed by atoms with Crippen molar-refractivity contribution in [2.24, 2.45) is 5.92 Å². The molecule has 1 fully saturated rings. The summed E-state index contributed by atoms with van der Waals surface area (Å²) in [6.45, 7) is 8.41. The number of rotatable bonds is 5. The molecule has 0 aromatic carbocycles. The van der Waals surface area contributed by atoms with Gasteiger partial charge in [-0.2, -0.15) is 0 Å². The van der Waals surface area contributed by atoms with Crippen molar-refractivity contribution in [3.05, 3.63) is 0 Å². The Morgan fingerprint density at radius 2 is 1.81 bits per heavy atom. The van der Waals surface area contributed by atoms with Gasteiger partial charge in [0.2, 0.25) is 0 Å². The number of carbonyl (C=O) groups is 1. The fraction of sp³-hybridized carbons (Fsp3) is 0.923. The predicted molar refractivity (Wildman–Crippen MR) is 65.4 cm³/mol. The fourth-order valence-electron chi connectivity index (χ4n) is 2.39. The molecule has 0 aliphatic carbocycles. The van der Waals surface area contributed by atoms with E-state index in [1.807, 2.05) is 13.8 Å². The molecule has 1 N–H and O–H groups in total. The Bertz CT molecular complexity index is 228. The molecule has 1 aliphatic rings. The van der Waals surface area contributed by atoms with Gasteiger partial charge in [0.15, 0.2) is 0 Å². The van der Waals surface area contributed by atoms with E-state index in [2.05, 4.69) is 4.90 Å². The van der Waals surface area contributed by atoms with E-state index in [0.29, 0.717) is 5.78 Å². The smallest absolute Gasteiger partial charge is 0.133 e. The molecule has 0 aromatic heterocycles. The van der Waals surface area contributed by atoms with Crippen molar-refractivity contribution >= 4 is 5.78 Å². The first kappa shape index (κ1) is 13.7. The summed E-state index contributed by atoms with van der Waals surface area (Å²) in [4.78, 5) is 13.5. The van der Waals surface area contributed by atoms with Gasteiger partial charge in [-0.25, -0.2) is 0 Å². The van der Waals surface area contributed by atoms with E-state index < -0.39 is 5.60 Å². The monoisotopic (exact) mass is 227 g/mol. The lowest BCUT2D eigenvalue weighted by Gasteiger charge is -2.37. The Morgan fingerprint density at radius 3 is 2.19 bits per heavy atom. The zero-order valence-electron chi connectivity index (χ0n) is 10.8. The molecular weight excluding hydrogens is 202 g/mol. The molecular formula is C13H25NO2. The molecule has 0 unspecified atom stereocenters. The third kappa shape index (κ3) is 3.56. The summed E-state index contributed by atoms with van der Waals surface area (Å²) in [5.41, 5.74) is -0.539. The summed E-state index contributed by atoms with van der Waals surface area (Å²) in [5, 5.41) is 10.2. The number of carbonyl (C=O) groups excluding carboxylic acids is 1. The number of Topliss-reactive ketones (excluding diaryl/α,β-unsaturated/α-hetero) is 1. The zero-order chi connectivity index (χ0) is 12.2. The molecule has 94 valence electrons. The van der Waals surface area contributed by atoms with E-state index in [1.165, 1.54) is 0 Å². The van der Waals surface area contributed by atoms with E-state index in [-0.39, 0.29) is 5.92 Å². The van der Waals surface area contributed by atoms with Gasteiger partial charge in [-0.3, -0.25) is 4.79 Å². The molecule has 1 heterocycles. The van der Waals surface area contributed by atoms with Crippen LogP contribution in [0.2, 0.25) is 0 Å². The van der Waals surface area contributed by atoms with E-state index in [4.69, 9.17) is 0 Å². The standard InChI is InChI=1S/C13H25NO2/c1-4-13(16,5-2)10-14-8-6-12(7-9-14)11(3)15/h12,16H,4-10H2,1-3H3. The van der Waals surface area contributed by atoms with Crippen LogP contribution >= 0.6 is 0 Å². The molecule has 1 saturated heterocycles. The Balaban J connectivity index is 2.40. The molecule has 0 aromatic rings. The van der Waals surface area contributed by atoms with Gasteiger partial charge in [-0.1, -0.05) is 13.8 Å². The minimum Gasteiger partial charge on any atom is -0.389 e. The van der Waals surface area contributed by atoms with Crippen molar-refractivity contribution in [3.8, 4) is 0 Å². The molecule has 0 radical (unpaired) electrons. The number of hydrogen-bond acceptors (Lipinski definition) is 3. The van der Waals surface area contributed by atoms with Crippen molar-refractivity contribution < 1.29 is 9.90 Å². The first-order valence-electron chi connectivity index (χ1n) is 6.46. The van der Waals surface area contributed by atoms with Gasteiger partial charge in [-0.05, 0) is 45.7 Å². The third-order valence-electron chi connectivity index (χ3n) is 4.00. The van der Waals surface area contributed by atoms with Gasteiger partial charge in [0.25, 0.3) is 0 Å². The predicted octanol–water partition coefficient (Wildman–Crippen LogP) is 1.84. The van der Waals surface area contributed by atoms with Crippen molar-refractivity contribution in [3.63, 3.8) is 0 Å². The maximum Gasteiger partial charge on any atom is 0.133 e. The Kier molecular flexibility index (Phi) is 4.93. The van der Waals surface area contributed by atoms with E-state index in [1.54, 1.807) is 6.92 Å². The summed E-state index contributed by atoms with van der Waals surface area (Å²) >= 11 is 0. The molecule has 0 atom stereocenters. The van der Waals surface area contributed by atoms with Crippen LogP contribution in [0.15, 0.2) is 0 Å². The lowest BCUT2D eigenvalue weighted by Crippen LogP contribution is -2.46. The van der Waals surface area contributed by atoms with Crippen LogP contribution in [0.3, 0.4) is 0 Å². The maximum atomic E-state index is 11.2. The number of piperidine rings is 1. The number of β-amino-alcohol motifs (C(OH)–C–C–N with tert-alkyl or cyclic N) is 1. The summed E-state index contributed by atoms with van der Waals surface area (Å²) < 4.78 is 0. The summed E-state index contributed by atoms with van der Waals surface area (Å²) in [7, 11) is 0. The van der Waals surface area contributed by atoms with Gasteiger partial charge < -0.3 is 10.0 Å². The first-order valence-corrected chi connectivity index (χ1v) is 6.46. The number of hydrogen-bond donors (Lipinski definition) is 1. The lowest BCUT2D eigenvalue weighted by molar-refractivity contribution is -0.122. The van der Waals surface area contributed by atoms with Crippen LogP contribution in [0.4, 0.5) is 0 Å². The summed E-state index contributed by atoms with van der Waals surface area (Å²) in [5.74, 6) is 0.577. The van der Waals surface area contributed by atoms with Crippen LogP contribution in [-0.2, 0) is 4.79 Å². The number of likely N-dealkylation sites (tertiary alicyclic amines) is 1. The van der Waals surface area contributed by atoms with E-state index >= 15 is 0 Å². The van der Waals surface area contributed by atoms with Crippen molar-refractivity contribution in [1.29, 1.82) is 0 Å². The molecule has 1 aliphatic heterocycles. The molecule has 1 rings (SSSR count). The molecule has 0 amide bonds. The van der Waals surface area contributed by atoms with E-state index in [0.717, 1.165) is 45.3 Å². The Labute approximate surface area is 98.8 Å². The highest BCUT2D eigenvalue weighted by Crippen LogP contribution is 2.22. The van der Waals surface area contributed by atoms with Gasteiger partial charge in [0.05, 0.1) is 5.60 Å². The minimum absolute atomic E-state index is 0.257. The largest absolute Gasteiger partial charge is 0.389 e. The molecule has 0 spiro atoms. The third-order valence-corrected chi connectivity index (χ3v) is 4.00. The van der Waals surface area contributed by atoms with Crippen LogP contribution < -0.4 is 0 Å². The average molecular weight is 227 g/mol.